The number of ether oxygens (including phenoxy) is 2. The van der Waals surface area contributed by atoms with Crippen molar-refractivity contribution in [1.82, 2.24) is 4.98 Å². The predicted molar refractivity (Wildman–Crippen MR) is 50.1 cm³/mol. The highest BCUT2D eigenvalue weighted by Crippen LogP contribution is 2.16. The summed E-state index contributed by atoms with van der Waals surface area (Å²) in [5.74, 6) is 2.05. The zero-order valence-electron chi connectivity index (χ0n) is 7.90. The maximum absolute atomic E-state index is 11.3. The molecule has 0 aliphatic rings. The van der Waals surface area contributed by atoms with Crippen molar-refractivity contribution in [1.29, 1.82) is 0 Å². The number of nitrogens with zero attached hydrogens (tertiary/aromatic N) is 1. The van der Waals surface area contributed by atoms with Crippen molar-refractivity contribution in [3.05, 3.63) is 23.4 Å². The fourth-order valence-corrected chi connectivity index (χ4v) is 0.950. The van der Waals surface area contributed by atoms with Crippen LogP contribution in [-0.2, 0) is 4.74 Å². The smallest absolute Gasteiger partial charge is 0.343 e. The average Bonchev–Trinajstić information content (AvgIpc) is 2.27. The number of pyridine rings is 1. The lowest BCUT2D eigenvalue weighted by Gasteiger charge is -2.05. The zero-order valence-corrected chi connectivity index (χ0v) is 7.90. The second-order valence-electron chi connectivity index (χ2n) is 2.42. The molecule has 0 saturated heterocycles. The Balaban J connectivity index is 3.23. The van der Waals surface area contributed by atoms with Crippen molar-refractivity contribution in [2.75, 3.05) is 14.2 Å². The molecule has 0 fully saturated rings. The standard InChI is InChI=1S/C10H9NO3/c1-4-7-5-8(10(12)14-3)9(13-2)11-6-7/h1,5-6H,2-3H3. The summed E-state index contributed by atoms with van der Waals surface area (Å²) < 4.78 is 9.44. The van der Waals surface area contributed by atoms with E-state index in [1.165, 1.54) is 26.5 Å². The van der Waals surface area contributed by atoms with Crippen LogP contribution in [0.5, 0.6) is 5.88 Å². The van der Waals surface area contributed by atoms with E-state index in [0.29, 0.717) is 5.56 Å². The van der Waals surface area contributed by atoms with E-state index in [-0.39, 0.29) is 11.4 Å². The van der Waals surface area contributed by atoms with Crippen LogP contribution in [0, 0.1) is 12.3 Å². The van der Waals surface area contributed by atoms with E-state index >= 15 is 0 Å². The highest BCUT2D eigenvalue weighted by molar-refractivity contribution is 5.92. The van der Waals surface area contributed by atoms with Gasteiger partial charge in [0.05, 0.1) is 14.2 Å². The summed E-state index contributed by atoms with van der Waals surface area (Å²) in [6.07, 6.45) is 6.62. The van der Waals surface area contributed by atoms with Crippen molar-refractivity contribution in [2.24, 2.45) is 0 Å². The number of aromatic nitrogens is 1. The maximum atomic E-state index is 11.3. The molecule has 0 spiro atoms. The van der Waals surface area contributed by atoms with Crippen LogP contribution in [0.4, 0.5) is 0 Å². The van der Waals surface area contributed by atoms with Crippen LogP contribution in [0.25, 0.3) is 0 Å². The van der Waals surface area contributed by atoms with Crippen LogP contribution in [0.15, 0.2) is 12.3 Å². The van der Waals surface area contributed by atoms with Crippen LogP contribution in [-0.4, -0.2) is 25.2 Å². The monoisotopic (exact) mass is 191 g/mol. The lowest BCUT2D eigenvalue weighted by atomic mass is 10.2. The molecule has 0 saturated carbocycles. The maximum Gasteiger partial charge on any atom is 0.343 e. The van der Waals surface area contributed by atoms with E-state index in [1.54, 1.807) is 0 Å². The molecule has 1 rings (SSSR count). The molecule has 14 heavy (non-hydrogen) atoms. The molecule has 0 N–H and O–H groups in total. The van der Waals surface area contributed by atoms with Gasteiger partial charge in [0.15, 0.2) is 0 Å². The zero-order chi connectivity index (χ0) is 10.6. The largest absolute Gasteiger partial charge is 0.480 e. The van der Waals surface area contributed by atoms with Crippen LogP contribution in [0.1, 0.15) is 15.9 Å². The van der Waals surface area contributed by atoms with Crippen molar-refractivity contribution in [3.63, 3.8) is 0 Å². The minimum Gasteiger partial charge on any atom is -0.480 e. The van der Waals surface area contributed by atoms with Crippen molar-refractivity contribution < 1.29 is 14.3 Å². The molecule has 0 aromatic carbocycles. The molecule has 0 amide bonds. The van der Waals surface area contributed by atoms with Crippen LogP contribution in [0.3, 0.4) is 0 Å². The molecule has 0 aliphatic carbocycles. The highest BCUT2D eigenvalue weighted by Gasteiger charge is 2.14. The number of esters is 1. The summed E-state index contributed by atoms with van der Waals surface area (Å²) >= 11 is 0. The normalized spacial score (nSPS) is 8.93. The second kappa shape index (κ2) is 4.28. The van der Waals surface area contributed by atoms with Gasteiger partial charge >= 0.3 is 5.97 Å². The fraction of sp³-hybridized carbons (Fsp3) is 0.200. The highest BCUT2D eigenvalue weighted by atomic mass is 16.5. The molecule has 0 unspecified atom stereocenters. The second-order valence-corrected chi connectivity index (χ2v) is 2.42. The molecular formula is C10H9NO3. The SMILES string of the molecule is C#Cc1cnc(OC)c(C(=O)OC)c1. The van der Waals surface area contributed by atoms with E-state index in [2.05, 4.69) is 15.6 Å². The first-order chi connectivity index (χ1) is 6.72. The van der Waals surface area contributed by atoms with Crippen LogP contribution >= 0.6 is 0 Å². The number of carbonyl (C=O) groups excluding carboxylic acids is 1. The van der Waals surface area contributed by atoms with Crippen LogP contribution in [0.2, 0.25) is 0 Å². The molecule has 1 aromatic heterocycles. The number of hydrogen-bond donors (Lipinski definition) is 0. The van der Waals surface area contributed by atoms with E-state index in [9.17, 15) is 4.79 Å². The van der Waals surface area contributed by atoms with Gasteiger partial charge in [-0.05, 0) is 6.07 Å². The minimum absolute atomic E-state index is 0.204. The quantitative estimate of drug-likeness (QED) is 0.513. The molecule has 1 heterocycles. The van der Waals surface area contributed by atoms with E-state index < -0.39 is 5.97 Å². The minimum atomic E-state index is -0.522. The molecule has 0 radical (unpaired) electrons. The van der Waals surface area contributed by atoms with Gasteiger partial charge in [-0.15, -0.1) is 6.42 Å². The molecule has 0 aliphatic heterocycles. The van der Waals surface area contributed by atoms with Gasteiger partial charge in [-0.1, -0.05) is 5.92 Å². The molecule has 0 bridgehead atoms. The molecular weight excluding hydrogens is 182 g/mol. The lowest BCUT2D eigenvalue weighted by Crippen LogP contribution is -2.05. The first-order valence-corrected chi connectivity index (χ1v) is 3.82. The molecule has 72 valence electrons. The number of carbonyl (C=O) groups is 1. The molecule has 0 atom stereocenters. The van der Waals surface area contributed by atoms with Crippen molar-refractivity contribution >= 4 is 5.97 Å². The summed E-state index contributed by atoms with van der Waals surface area (Å²) in [7, 11) is 2.70. The van der Waals surface area contributed by atoms with Gasteiger partial charge in [0.1, 0.15) is 5.56 Å². The van der Waals surface area contributed by atoms with Gasteiger partial charge in [0.25, 0.3) is 0 Å². The number of terminal acetylenes is 1. The summed E-state index contributed by atoms with van der Waals surface area (Å²) in [4.78, 5) is 15.1. The summed E-state index contributed by atoms with van der Waals surface area (Å²) in [6, 6.07) is 1.50. The molecule has 4 nitrogen and oxygen atoms in total. The number of methoxy groups -OCH3 is 2. The summed E-state index contributed by atoms with van der Waals surface area (Å²) in [5, 5.41) is 0. The predicted octanol–water partition coefficient (Wildman–Crippen LogP) is 0.858. The Hall–Kier alpha value is -2.02. The third kappa shape index (κ3) is 1.83. The van der Waals surface area contributed by atoms with Gasteiger partial charge in [-0.3, -0.25) is 0 Å². The Morgan fingerprint density at radius 1 is 1.57 bits per heavy atom. The Bertz CT molecular complexity index is 393. The third-order valence-electron chi connectivity index (χ3n) is 1.62. The average molecular weight is 191 g/mol. The Labute approximate surface area is 81.9 Å². The van der Waals surface area contributed by atoms with Crippen molar-refractivity contribution in [2.45, 2.75) is 0 Å². The van der Waals surface area contributed by atoms with E-state index in [4.69, 9.17) is 11.2 Å². The van der Waals surface area contributed by atoms with Gasteiger partial charge in [0, 0.05) is 11.8 Å². The third-order valence-corrected chi connectivity index (χ3v) is 1.62. The van der Waals surface area contributed by atoms with Crippen molar-refractivity contribution in [3.8, 4) is 18.2 Å². The Morgan fingerprint density at radius 3 is 2.79 bits per heavy atom. The van der Waals surface area contributed by atoms with Gasteiger partial charge in [0.2, 0.25) is 5.88 Å². The summed E-state index contributed by atoms with van der Waals surface area (Å²) in [6.45, 7) is 0. The first-order valence-electron chi connectivity index (χ1n) is 3.82. The number of hydrogen-bond acceptors (Lipinski definition) is 4. The molecule has 1 aromatic rings. The van der Waals surface area contributed by atoms with Gasteiger partial charge < -0.3 is 9.47 Å². The van der Waals surface area contributed by atoms with Crippen LogP contribution < -0.4 is 4.74 Å². The van der Waals surface area contributed by atoms with Gasteiger partial charge in [-0.25, -0.2) is 9.78 Å². The number of rotatable bonds is 2. The topological polar surface area (TPSA) is 48.4 Å². The fourth-order valence-electron chi connectivity index (χ4n) is 0.950. The Morgan fingerprint density at radius 2 is 2.29 bits per heavy atom. The van der Waals surface area contributed by atoms with E-state index in [1.807, 2.05) is 0 Å². The molecule has 4 heteroatoms. The summed E-state index contributed by atoms with van der Waals surface area (Å²) in [5.41, 5.74) is 0.733. The Kier molecular flexibility index (Phi) is 3.08. The van der Waals surface area contributed by atoms with E-state index in [0.717, 1.165) is 0 Å². The first kappa shape index (κ1) is 10.1. The van der Waals surface area contributed by atoms with Gasteiger partial charge in [-0.2, -0.15) is 0 Å². The lowest BCUT2D eigenvalue weighted by molar-refractivity contribution is 0.0596.